The molecule has 0 spiro atoms. The second-order valence-electron chi connectivity index (χ2n) is 4.06. The van der Waals surface area contributed by atoms with Crippen molar-refractivity contribution < 1.29 is 4.42 Å². The third kappa shape index (κ3) is 2.89. The molecule has 20 heavy (non-hydrogen) atoms. The van der Waals surface area contributed by atoms with E-state index in [-0.39, 0.29) is 6.01 Å². The summed E-state index contributed by atoms with van der Waals surface area (Å²) in [6.07, 6.45) is 1.69. The van der Waals surface area contributed by atoms with Gasteiger partial charge in [0.05, 0.1) is 6.21 Å². The van der Waals surface area contributed by atoms with Crippen LogP contribution >= 0.6 is 0 Å². The first-order valence-corrected chi connectivity index (χ1v) is 6.15. The predicted octanol–water partition coefficient (Wildman–Crippen LogP) is 3.18. The number of hydrogen-bond acceptors (Lipinski definition) is 5. The number of anilines is 1. The highest BCUT2D eigenvalue weighted by Gasteiger charge is 2.06. The maximum Gasteiger partial charge on any atom is 0.336 e. The average Bonchev–Trinajstić information content (AvgIpc) is 2.98. The molecule has 1 N–H and O–H groups in total. The van der Waals surface area contributed by atoms with E-state index in [1.165, 1.54) is 0 Å². The Morgan fingerprint density at radius 3 is 2.35 bits per heavy atom. The molecule has 0 saturated heterocycles. The second-order valence-corrected chi connectivity index (χ2v) is 4.06. The molecule has 0 unspecified atom stereocenters. The van der Waals surface area contributed by atoms with Crippen LogP contribution in [0.25, 0.3) is 11.5 Å². The van der Waals surface area contributed by atoms with Gasteiger partial charge >= 0.3 is 6.01 Å². The molecule has 5 nitrogen and oxygen atoms in total. The van der Waals surface area contributed by atoms with Crippen molar-refractivity contribution in [3.05, 3.63) is 66.2 Å². The smallest absolute Gasteiger partial charge is 0.336 e. The van der Waals surface area contributed by atoms with Gasteiger partial charge in [0.1, 0.15) is 0 Å². The van der Waals surface area contributed by atoms with Crippen LogP contribution in [0.3, 0.4) is 0 Å². The summed E-state index contributed by atoms with van der Waals surface area (Å²) in [5.74, 6) is 0.461. The van der Waals surface area contributed by atoms with Crippen molar-refractivity contribution in [1.82, 2.24) is 10.2 Å². The van der Waals surface area contributed by atoms with E-state index in [9.17, 15) is 0 Å². The first-order valence-electron chi connectivity index (χ1n) is 6.15. The zero-order chi connectivity index (χ0) is 13.6. The SMILES string of the molecule is C(=NNc1nnc(-c2ccccc2)o1)c1ccccc1. The molecular weight excluding hydrogens is 252 g/mol. The van der Waals surface area contributed by atoms with E-state index in [0.717, 1.165) is 11.1 Å². The summed E-state index contributed by atoms with van der Waals surface area (Å²) in [5.41, 5.74) is 4.58. The Morgan fingerprint density at radius 2 is 1.60 bits per heavy atom. The third-order valence-electron chi connectivity index (χ3n) is 2.62. The Hall–Kier alpha value is -2.95. The molecule has 0 aliphatic rings. The second kappa shape index (κ2) is 5.79. The number of nitrogens with one attached hydrogen (secondary N) is 1. The summed E-state index contributed by atoms with van der Waals surface area (Å²) in [4.78, 5) is 0. The van der Waals surface area contributed by atoms with E-state index in [0.29, 0.717) is 5.89 Å². The van der Waals surface area contributed by atoms with Crippen molar-refractivity contribution >= 4 is 12.2 Å². The zero-order valence-electron chi connectivity index (χ0n) is 10.6. The zero-order valence-corrected chi connectivity index (χ0v) is 10.6. The number of hydrazone groups is 1. The molecule has 98 valence electrons. The molecule has 0 radical (unpaired) electrons. The highest BCUT2D eigenvalue weighted by atomic mass is 16.4. The molecule has 0 aliphatic heterocycles. The standard InChI is InChI=1S/C15H12N4O/c1-3-7-12(8-4-1)11-16-18-15-19-17-14(20-15)13-9-5-2-6-10-13/h1-11H,(H,18,19). The number of hydrogen-bond donors (Lipinski definition) is 1. The van der Waals surface area contributed by atoms with Gasteiger partial charge in [0.2, 0.25) is 5.89 Å². The molecule has 0 saturated carbocycles. The molecule has 0 bridgehead atoms. The largest absolute Gasteiger partial charge is 0.402 e. The average molecular weight is 264 g/mol. The Labute approximate surface area is 116 Å². The van der Waals surface area contributed by atoms with Crippen molar-refractivity contribution in [2.75, 3.05) is 5.43 Å². The van der Waals surface area contributed by atoms with E-state index in [1.807, 2.05) is 60.7 Å². The number of aromatic nitrogens is 2. The highest BCUT2D eigenvalue weighted by Crippen LogP contribution is 2.18. The van der Waals surface area contributed by atoms with Crippen LogP contribution in [0.5, 0.6) is 0 Å². The molecule has 0 amide bonds. The van der Waals surface area contributed by atoms with Gasteiger partial charge in [-0.15, -0.1) is 5.10 Å². The first-order chi connectivity index (χ1) is 9.92. The van der Waals surface area contributed by atoms with Gasteiger partial charge in [0, 0.05) is 5.56 Å². The summed E-state index contributed by atoms with van der Waals surface area (Å²) in [6, 6.07) is 19.6. The molecule has 1 aromatic heterocycles. The first kappa shape index (κ1) is 12.1. The van der Waals surface area contributed by atoms with Crippen molar-refractivity contribution in [3.8, 4) is 11.5 Å². The van der Waals surface area contributed by atoms with Crippen LogP contribution in [0.2, 0.25) is 0 Å². The highest BCUT2D eigenvalue weighted by molar-refractivity contribution is 5.79. The molecule has 0 fully saturated rings. The summed E-state index contributed by atoms with van der Waals surface area (Å²) < 4.78 is 5.46. The quantitative estimate of drug-likeness (QED) is 0.580. The maximum absolute atomic E-state index is 5.46. The van der Waals surface area contributed by atoms with Crippen LogP contribution in [0.4, 0.5) is 6.01 Å². The van der Waals surface area contributed by atoms with Gasteiger partial charge in [0.25, 0.3) is 0 Å². The minimum absolute atomic E-state index is 0.260. The fourth-order valence-electron chi connectivity index (χ4n) is 1.67. The van der Waals surface area contributed by atoms with Crippen molar-refractivity contribution in [2.45, 2.75) is 0 Å². The minimum Gasteiger partial charge on any atom is -0.402 e. The van der Waals surface area contributed by atoms with Crippen LogP contribution in [-0.2, 0) is 0 Å². The van der Waals surface area contributed by atoms with Crippen LogP contribution in [-0.4, -0.2) is 16.4 Å². The maximum atomic E-state index is 5.46. The van der Waals surface area contributed by atoms with Crippen LogP contribution in [0, 0.1) is 0 Å². The summed E-state index contributed by atoms with van der Waals surface area (Å²) in [7, 11) is 0. The van der Waals surface area contributed by atoms with Gasteiger partial charge in [-0.2, -0.15) is 5.10 Å². The molecule has 2 aromatic carbocycles. The Bertz CT molecular complexity index is 692. The fourth-order valence-corrected chi connectivity index (χ4v) is 1.67. The van der Waals surface area contributed by atoms with Crippen molar-refractivity contribution in [1.29, 1.82) is 0 Å². The Balaban J connectivity index is 1.68. The summed E-state index contributed by atoms with van der Waals surface area (Å²) >= 11 is 0. The van der Waals surface area contributed by atoms with E-state index >= 15 is 0 Å². The van der Waals surface area contributed by atoms with Crippen molar-refractivity contribution in [3.63, 3.8) is 0 Å². The Morgan fingerprint density at radius 1 is 0.900 bits per heavy atom. The van der Waals surface area contributed by atoms with Crippen LogP contribution < -0.4 is 5.43 Å². The van der Waals surface area contributed by atoms with E-state index in [4.69, 9.17) is 4.42 Å². The lowest BCUT2D eigenvalue weighted by Gasteiger charge is -1.93. The molecule has 3 aromatic rings. The fraction of sp³-hybridized carbons (Fsp3) is 0. The molecule has 0 atom stereocenters. The lowest BCUT2D eigenvalue weighted by molar-refractivity contribution is 0.583. The molecule has 3 rings (SSSR count). The van der Waals surface area contributed by atoms with Gasteiger partial charge in [-0.3, -0.25) is 0 Å². The summed E-state index contributed by atoms with van der Waals surface area (Å²) in [6.45, 7) is 0. The number of benzene rings is 2. The van der Waals surface area contributed by atoms with Crippen LogP contribution in [0.15, 0.2) is 70.2 Å². The van der Waals surface area contributed by atoms with Gasteiger partial charge in [-0.05, 0) is 17.7 Å². The Kier molecular flexibility index (Phi) is 3.51. The molecule has 5 heteroatoms. The van der Waals surface area contributed by atoms with E-state index < -0.39 is 0 Å². The lowest BCUT2D eigenvalue weighted by atomic mass is 10.2. The number of rotatable bonds is 4. The van der Waals surface area contributed by atoms with Gasteiger partial charge in [-0.1, -0.05) is 53.6 Å². The topological polar surface area (TPSA) is 63.3 Å². The number of nitrogens with zero attached hydrogens (tertiary/aromatic N) is 3. The van der Waals surface area contributed by atoms with E-state index in [2.05, 4.69) is 20.7 Å². The van der Waals surface area contributed by atoms with E-state index in [1.54, 1.807) is 6.21 Å². The summed E-state index contributed by atoms with van der Waals surface area (Å²) in [5, 5.41) is 11.9. The predicted molar refractivity (Wildman–Crippen MR) is 77.4 cm³/mol. The normalized spacial score (nSPS) is 10.8. The van der Waals surface area contributed by atoms with Crippen molar-refractivity contribution in [2.24, 2.45) is 5.10 Å². The van der Waals surface area contributed by atoms with Gasteiger partial charge < -0.3 is 4.42 Å². The van der Waals surface area contributed by atoms with Gasteiger partial charge in [-0.25, -0.2) is 5.43 Å². The minimum atomic E-state index is 0.260. The molecule has 0 aliphatic carbocycles. The molecular formula is C15H12N4O. The van der Waals surface area contributed by atoms with Gasteiger partial charge in [0.15, 0.2) is 0 Å². The van der Waals surface area contributed by atoms with Crippen LogP contribution in [0.1, 0.15) is 5.56 Å². The lowest BCUT2D eigenvalue weighted by Crippen LogP contribution is -1.90. The monoisotopic (exact) mass is 264 g/mol. The third-order valence-corrected chi connectivity index (χ3v) is 2.62. The molecule has 1 heterocycles.